The van der Waals surface area contributed by atoms with E-state index >= 15 is 0 Å². The van der Waals surface area contributed by atoms with Crippen LogP contribution >= 0.6 is 0 Å². The first-order chi connectivity index (χ1) is 12.4. The monoisotopic (exact) mass is 328 g/mol. The van der Waals surface area contributed by atoms with Gasteiger partial charge in [-0.05, 0) is 55.9 Å². The molecule has 3 heterocycles. The maximum absolute atomic E-state index is 4.99. The van der Waals surface area contributed by atoms with Crippen molar-refractivity contribution in [3.05, 3.63) is 65.5 Å². The normalized spacial score (nSPS) is 15.8. The summed E-state index contributed by atoms with van der Waals surface area (Å²) in [6, 6.07) is 14.6. The van der Waals surface area contributed by atoms with Crippen molar-refractivity contribution in [2.45, 2.75) is 32.1 Å². The van der Waals surface area contributed by atoms with E-state index in [2.05, 4.69) is 34.1 Å². The Kier molecular flexibility index (Phi) is 3.47. The summed E-state index contributed by atoms with van der Waals surface area (Å²) in [5.74, 6) is 1.84. The maximum atomic E-state index is 4.99. The molecule has 0 bridgehead atoms. The number of hydrogen-bond acceptors (Lipinski definition) is 4. The second kappa shape index (κ2) is 5.96. The number of nitrogens with zero attached hydrogens (tertiary/aromatic N) is 4. The van der Waals surface area contributed by atoms with Crippen molar-refractivity contribution in [3.8, 4) is 11.5 Å². The van der Waals surface area contributed by atoms with E-state index in [1.54, 1.807) is 0 Å². The molecule has 0 unspecified atom stereocenters. The zero-order valence-electron chi connectivity index (χ0n) is 14.2. The predicted molar refractivity (Wildman–Crippen MR) is 99.1 cm³/mol. The zero-order valence-corrected chi connectivity index (χ0v) is 14.2. The van der Waals surface area contributed by atoms with Crippen molar-refractivity contribution in [2.24, 2.45) is 0 Å². The number of hydrogen-bond donors (Lipinski definition) is 0. The molecule has 4 heteroatoms. The van der Waals surface area contributed by atoms with Gasteiger partial charge in [0, 0.05) is 29.7 Å². The van der Waals surface area contributed by atoms with Crippen LogP contribution in [0.3, 0.4) is 0 Å². The van der Waals surface area contributed by atoms with Gasteiger partial charge in [-0.2, -0.15) is 0 Å². The molecular weight excluding hydrogens is 308 g/mol. The number of aryl methyl sites for hydroxylation is 2. The molecule has 3 aromatic rings. The standard InChI is InChI=1S/C21H20N4/c1-2-12-19-15(7-1)8-6-14-25(19)21-16-9-5-11-17(16)23-20(24-21)18-10-3-4-13-22-18/h1-4,7,10,12-13H,5-6,8-9,11,14H2. The fourth-order valence-corrected chi connectivity index (χ4v) is 4.00. The molecule has 1 aliphatic heterocycles. The molecule has 0 radical (unpaired) electrons. The summed E-state index contributed by atoms with van der Waals surface area (Å²) in [6.07, 6.45) is 7.40. The fraction of sp³-hybridized carbons (Fsp3) is 0.286. The van der Waals surface area contributed by atoms with Crippen molar-refractivity contribution in [3.63, 3.8) is 0 Å². The van der Waals surface area contributed by atoms with Gasteiger partial charge in [0.2, 0.25) is 0 Å². The van der Waals surface area contributed by atoms with Crippen LogP contribution in [0.4, 0.5) is 11.5 Å². The van der Waals surface area contributed by atoms with E-state index in [0.29, 0.717) is 0 Å². The molecule has 1 aromatic carbocycles. The van der Waals surface area contributed by atoms with Crippen LogP contribution in [0.15, 0.2) is 48.7 Å². The summed E-state index contributed by atoms with van der Waals surface area (Å²) in [4.78, 5) is 16.7. The van der Waals surface area contributed by atoms with E-state index in [1.165, 1.54) is 22.5 Å². The molecule has 1 aliphatic carbocycles. The highest BCUT2D eigenvalue weighted by Gasteiger charge is 2.27. The number of fused-ring (bicyclic) bond motifs is 2. The van der Waals surface area contributed by atoms with Gasteiger partial charge < -0.3 is 4.90 Å². The van der Waals surface area contributed by atoms with E-state index in [9.17, 15) is 0 Å². The number of rotatable bonds is 2. The summed E-state index contributed by atoms with van der Waals surface area (Å²) in [5.41, 5.74) is 6.10. The van der Waals surface area contributed by atoms with Crippen molar-refractivity contribution < 1.29 is 0 Å². The molecule has 0 fully saturated rings. The van der Waals surface area contributed by atoms with Crippen LogP contribution in [0.25, 0.3) is 11.5 Å². The van der Waals surface area contributed by atoms with Crippen molar-refractivity contribution in [1.82, 2.24) is 15.0 Å². The molecular formula is C21H20N4. The van der Waals surface area contributed by atoms with Crippen LogP contribution in [-0.2, 0) is 19.3 Å². The smallest absolute Gasteiger partial charge is 0.180 e. The van der Waals surface area contributed by atoms with Gasteiger partial charge in [0.1, 0.15) is 11.5 Å². The molecule has 2 aromatic heterocycles. The van der Waals surface area contributed by atoms with Gasteiger partial charge in [0.25, 0.3) is 0 Å². The quantitative estimate of drug-likeness (QED) is 0.710. The Morgan fingerprint density at radius 3 is 2.68 bits per heavy atom. The first-order valence-electron chi connectivity index (χ1n) is 9.07. The third-order valence-electron chi connectivity index (χ3n) is 5.17. The summed E-state index contributed by atoms with van der Waals surface area (Å²) in [6.45, 7) is 1.02. The third kappa shape index (κ3) is 2.49. The van der Waals surface area contributed by atoms with E-state index in [-0.39, 0.29) is 0 Å². The SMILES string of the molecule is c1ccc(-c2nc3c(c(N4CCCc5ccccc54)n2)CCC3)nc1. The molecule has 25 heavy (non-hydrogen) atoms. The van der Waals surface area contributed by atoms with Gasteiger partial charge in [-0.15, -0.1) is 0 Å². The van der Waals surface area contributed by atoms with Crippen LogP contribution in [0.5, 0.6) is 0 Å². The summed E-state index contributed by atoms with van der Waals surface area (Å²) in [7, 11) is 0. The van der Waals surface area contributed by atoms with E-state index in [1.807, 2.05) is 24.4 Å². The zero-order chi connectivity index (χ0) is 16.6. The average Bonchev–Trinajstić information content (AvgIpc) is 3.16. The lowest BCUT2D eigenvalue weighted by Crippen LogP contribution is -2.26. The molecule has 0 saturated heterocycles. The lowest BCUT2D eigenvalue weighted by Gasteiger charge is -2.32. The van der Waals surface area contributed by atoms with E-state index in [0.717, 1.165) is 56.0 Å². The lowest BCUT2D eigenvalue weighted by atomic mass is 10.0. The van der Waals surface area contributed by atoms with Crippen LogP contribution in [-0.4, -0.2) is 21.5 Å². The molecule has 0 amide bonds. The maximum Gasteiger partial charge on any atom is 0.180 e. The van der Waals surface area contributed by atoms with Crippen LogP contribution in [0.1, 0.15) is 29.7 Å². The van der Waals surface area contributed by atoms with Gasteiger partial charge >= 0.3 is 0 Å². The largest absolute Gasteiger partial charge is 0.326 e. The van der Waals surface area contributed by atoms with Gasteiger partial charge in [0.05, 0.1) is 0 Å². The number of anilines is 2. The summed E-state index contributed by atoms with van der Waals surface area (Å²) < 4.78 is 0. The predicted octanol–water partition coefficient (Wildman–Crippen LogP) is 4.11. The van der Waals surface area contributed by atoms with Gasteiger partial charge in [-0.25, -0.2) is 9.97 Å². The average molecular weight is 328 g/mol. The summed E-state index contributed by atoms with van der Waals surface area (Å²) >= 11 is 0. The molecule has 0 saturated carbocycles. The molecule has 2 aliphatic rings. The molecule has 0 N–H and O–H groups in total. The second-order valence-electron chi connectivity index (χ2n) is 6.75. The van der Waals surface area contributed by atoms with Gasteiger partial charge in [-0.1, -0.05) is 24.3 Å². The second-order valence-corrected chi connectivity index (χ2v) is 6.75. The van der Waals surface area contributed by atoms with E-state index in [4.69, 9.17) is 9.97 Å². The van der Waals surface area contributed by atoms with Crippen molar-refractivity contribution in [2.75, 3.05) is 11.4 Å². The fourth-order valence-electron chi connectivity index (χ4n) is 4.00. The Morgan fingerprint density at radius 2 is 1.76 bits per heavy atom. The Balaban J connectivity index is 1.68. The highest BCUT2D eigenvalue weighted by Crippen LogP contribution is 2.38. The Hall–Kier alpha value is -2.75. The minimum Gasteiger partial charge on any atom is -0.326 e. The minimum atomic E-state index is 0.749. The van der Waals surface area contributed by atoms with Crippen LogP contribution in [0.2, 0.25) is 0 Å². The Morgan fingerprint density at radius 1 is 0.840 bits per heavy atom. The van der Waals surface area contributed by atoms with E-state index < -0.39 is 0 Å². The van der Waals surface area contributed by atoms with Crippen LogP contribution < -0.4 is 4.90 Å². The van der Waals surface area contributed by atoms with Crippen LogP contribution in [0, 0.1) is 0 Å². The molecule has 0 spiro atoms. The number of pyridine rings is 1. The highest BCUT2D eigenvalue weighted by atomic mass is 15.2. The number of para-hydroxylation sites is 1. The summed E-state index contributed by atoms with van der Waals surface area (Å²) in [5, 5.41) is 0. The molecule has 4 nitrogen and oxygen atoms in total. The Bertz CT molecular complexity index is 920. The molecule has 0 atom stereocenters. The topological polar surface area (TPSA) is 41.9 Å². The van der Waals surface area contributed by atoms with Gasteiger partial charge in [0.15, 0.2) is 5.82 Å². The first kappa shape index (κ1) is 14.6. The van der Waals surface area contributed by atoms with Crippen molar-refractivity contribution >= 4 is 11.5 Å². The van der Waals surface area contributed by atoms with Crippen molar-refractivity contribution in [1.29, 1.82) is 0 Å². The number of benzene rings is 1. The highest BCUT2D eigenvalue weighted by molar-refractivity contribution is 5.70. The lowest BCUT2D eigenvalue weighted by molar-refractivity contribution is 0.754. The minimum absolute atomic E-state index is 0.749. The molecule has 5 rings (SSSR count). The third-order valence-corrected chi connectivity index (χ3v) is 5.17. The molecule has 124 valence electrons. The number of aromatic nitrogens is 3. The first-order valence-corrected chi connectivity index (χ1v) is 9.07. The van der Waals surface area contributed by atoms with Gasteiger partial charge in [-0.3, -0.25) is 4.98 Å². The Labute approximate surface area is 147 Å².